The van der Waals surface area contributed by atoms with Crippen molar-refractivity contribution in [3.8, 4) is 0 Å². The molecule has 4 N–H and O–H groups in total. The Morgan fingerprint density at radius 3 is 2.42 bits per heavy atom. The number of rotatable bonds is 14. The van der Waals surface area contributed by atoms with Crippen LogP contribution in [-0.2, 0) is 44.7 Å². The van der Waals surface area contributed by atoms with Crippen molar-refractivity contribution < 1.29 is 48.4 Å². The smallest absolute Gasteiger partial charge is 0.327 e. The summed E-state index contributed by atoms with van der Waals surface area (Å²) < 4.78 is 24.8. The van der Waals surface area contributed by atoms with Crippen LogP contribution in [0.5, 0.6) is 0 Å². The van der Waals surface area contributed by atoms with Crippen LogP contribution >= 0.6 is 0 Å². The monoisotopic (exact) mass is 627 g/mol. The van der Waals surface area contributed by atoms with Crippen LogP contribution in [0.1, 0.15) is 49.7 Å². The minimum absolute atomic E-state index is 0.0274. The first-order chi connectivity index (χ1) is 21.9. The lowest BCUT2D eigenvalue weighted by atomic mass is 9.62. The molecule has 45 heavy (non-hydrogen) atoms. The van der Waals surface area contributed by atoms with Crippen molar-refractivity contribution in [3.63, 3.8) is 0 Å². The van der Waals surface area contributed by atoms with Crippen molar-refractivity contribution in [1.29, 1.82) is 0 Å². The van der Waals surface area contributed by atoms with Gasteiger partial charge in [-0.05, 0) is 42.9 Å². The van der Waals surface area contributed by atoms with Crippen molar-refractivity contribution in [2.24, 2.45) is 17.3 Å². The average molecular weight is 628 g/mol. The van der Waals surface area contributed by atoms with E-state index < -0.39 is 47.6 Å². The van der Waals surface area contributed by atoms with Gasteiger partial charge >= 0.3 is 5.97 Å². The van der Waals surface area contributed by atoms with E-state index in [1.54, 1.807) is 11.1 Å². The minimum atomic E-state index is -1.30. The zero-order valence-electron chi connectivity index (χ0n) is 25.1. The number of amides is 2. The summed E-state index contributed by atoms with van der Waals surface area (Å²) in [5.74, 6) is -1.39. The van der Waals surface area contributed by atoms with Gasteiger partial charge in [-0.15, -0.1) is 0 Å². The second-order valence-corrected chi connectivity index (χ2v) is 12.9. The molecule has 244 valence electrons. The van der Waals surface area contributed by atoms with Gasteiger partial charge in [-0.2, -0.15) is 5.06 Å². The van der Waals surface area contributed by atoms with E-state index in [1.165, 1.54) is 6.26 Å². The second-order valence-electron chi connectivity index (χ2n) is 12.9. The Morgan fingerprint density at radius 2 is 1.73 bits per heavy atom. The summed E-state index contributed by atoms with van der Waals surface area (Å²) >= 11 is 0. The number of fused-ring (bicyclic) bond motifs is 4. The van der Waals surface area contributed by atoms with Gasteiger partial charge in [0.2, 0.25) is 11.8 Å². The molecule has 7 rings (SSSR count). The van der Waals surface area contributed by atoms with E-state index in [9.17, 15) is 14.4 Å². The molecular formula is C32H41N3O10. The summed E-state index contributed by atoms with van der Waals surface area (Å²) in [7, 11) is 0. The highest BCUT2D eigenvalue weighted by molar-refractivity contribution is 5.93. The third-order valence-corrected chi connectivity index (χ3v) is 9.86. The molecule has 3 aliphatic heterocycles. The molecule has 3 aliphatic carbocycles. The van der Waals surface area contributed by atoms with Crippen molar-refractivity contribution in [3.05, 3.63) is 41.7 Å². The molecule has 3 heterocycles. The number of aliphatic hydroxyl groups is 2. The van der Waals surface area contributed by atoms with Crippen LogP contribution in [0.25, 0.3) is 6.08 Å². The lowest BCUT2D eigenvalue weighted by molar-refractivity contribution is -0.235. The Morgan fingerprint density at radius 1 is 1.00 bits per heavy atom. The van der Waals surface area contributed by atoms with Crippen LogP contribution in [0.15, 0.2) is 30.5 Å². The third kappa shape index (κ3) is 5.53. The highest BCUT2D eigenvalue weighted by atomic mass is 16.8. The minimum Gasteiger partial charge on any atom is -0.499 e. The number of nitrogens with one attached hydrogen (secondary N) is 2. The Hall–Kier alpha value is -3.07. The average Bonchev–Trinajstić information content (AvgIpc) is 3.98. The van der Waals surface area contributed by atoms with E-state index in [0.29, 0.717) is 0 Å². The third-order valence-electron chi connectivity index (χ3n) is 9.86. The molecule has 0 radical (unpaired) electrons. The maximum atomic E-state index is 14.2. The molecule has 1 aromatic carbocycles. The highest BCUT2D eigenvalue weighted by Gasteiger charge is 2.78. The maximum absolute atomic E-state index is 14.2. The number of hydrogen-bond donors (Lipinski definition) is 4. The Labute approximate surface area is 261 Å². The fourth-order valence-corrected chi connectivity index (χ4v) is 7.57. The summed E-state index contributed by atoms with van der Waals surface area (Å²) in [5, 5.41) is 24.9. The van der Waals surface area contributed by atoms with E-state index >= 15 is 0 Å². The molecule has 13 nitrogen and oxygen atoms in total. The van der Waals surface area contributed by atoms with Gasteiger partial charge in [-0.25, -0.2) is 0 Å². The molecule has 6 unspecified atom stereocenters. The Bertz CT molecular complexity index is 1300. The molecule has 0 aromatic heterocycles. The van der Waals surface area contributed by atoms with E-state index in [-0.39, 0.29) is 75.9 Å². The van der Waals surface area contributed by atoms with Gasteiger partial charge < -0.3 is 39.8 Å². The van der Waals surface area contributed by atoms with E-state index in [4.69, 9.17) is 34.0 Å². The van der Waals surface area contributed by atoms with Crippen molar-refractivity contribution in [2.45, 2.75) is 81.3 Å². The largest absolute Gasteiger partial charge is 0.499 e. The lowest BCUT2D eigenvalue weighted by Gasteiger charge is -2.48. The number of carbonyl (C=O) groups excluding carboxylic acids is 3. The number of benzene rings is 1. The van der Waals surface area contributed by atoms with Gasteiger partial charge in [0.05, 0.1) is 26.0 Å². The van der Waals surface area contributed by atoms with Gasteiger partial charge in [-0.1, -0.05) is 24.3 Å². The lowest BCUT2D eigenvalue weighted by Crippen LogP contribution is -2.69. The van der Waals surface area contributed by atoms with E-state index in [2.05, 4.69) is 10.6 Å². The number of nitrogens with zero attached hydrogens (tertiary/aromatic N) is 1. The first-order valence-electron chi connectivity index (χ1n) is 16.0. The molecule has 13 heteroatoms. The van der Waals surface area contributed by atoms with Gasteiger partial charge in [0, 0.05) is 37.8 Å². The first-order valence-corrected chi connectivity index (χ1v) is 16.0. The summed E-state index contributed by atoms with van der Waals surface area (Å²) in [6.45, 7) is 0.396. The fraction of sp³-hybridized carbons (Fsp3) is 0.656. The standard InChI is InChI=1S/C32H41N3O10/c36-13-12-33-24(38)9-11-34-30(40)31-17-23-25-26(44-32(43-25,21-5-6-21)22-7-8-22)28(31)45-35(27(31)29(39)42-23)18-20-3-1-19(2-4-20)10-15-41-16-14-37/h1-4,10,15,21-23,25-28,36-37H,5-9,11-14,16-18H2,(H,33,38)(H,34,40). The summed E-state index contributed by atoms with van der Waals surface area (Å²) in [6.07, 6.45) is 5.04. The fourth-order valence-electron chi connectivity index (χ4n) is 7.57. The van der Waals surface area contributed by atoms with Crippen molar-refractivity contribution in [1.82, 2.24) is 15.7 Å². The predicted molar refractivity (Wildman–Crippen MR) is 155 cm³/mol. The normalized spacial score (nSPS) is 33.1. The predicted octanol–water partition coefficient (Wildman–Crippen LogP) is 0.381. The van der Waals surface area contributed by atoms with Crippen LogP contribution in [0.4, 0.5) is 0 Å². The van der Waals surface area contributed by atoms with Gasteiger partial charge in [-0.3, -0.25) is 19.2 Å². The molecule has 3 saturated heterocycles. The molecule has 1 aromatic rings. The zero-order valence-corrected chi connectivity index (χ0v) is 25.1. The first kappa shape index (κ1) is 30.6. The Balaban J connectivity index is 1.15. The number of hydrogen-bond acceptors (Lipinski definition) is 11. The van der Waals surface area contributed by atoms with Crippen LogP contribution in [0, 0.1) is 17.3 Å². The van der Waals surface area contributed by atoms with Crippen LogP contribution < -0.4 is 10.6 Å². The highest BCUT2D eigenvalue weighted by Crippen LogP contribution is 2.63. The molecular weight excluding hydrogens is 586 g/mol. The van der Waals surface area contributed by atoms with Crippen LogP contribution in [0.3, 0.4) is 0 Å². The van der Waals surface area contributed by atoms with Gasteiger partial charge in [0.25, 0.3) is 0 Å². The van der Waals surface area contributed by atoms with Crippen LogP contribution in [-0.4, -0.2) is 102 Å². The number of esters is 1. The van der Waals surface area contributed by atoms with Crippen molar-refractivity contribution >= 4 is 23.9 Å². The molecule has 3 saturated carbocycles. The SMILES string of the molecule is O=C(CCNC(=O)C12CC3OC(=O)C1N(Cc1ccc(C=COCCO)cc1)OC2C1OC(C2CC2)(C2CC2)OC31)NCCO. The molecule has 6 aliphatic rings. The van der Waals surface area contributed by atoms with Crippen molar-refractivity contribution in [2.75, 3.05) is 32.9 Å². The van der Waals surface area contributed by atoms with Gasteiger partial charge in [0.1, 0.15) is 36.4 Å². The second kappa shape index (κ2) is 12.3. The zero-order chi connectivity index (χ0) is 31.2. The number of ether oxygens (including phenoxy) is 4. The topological polar surface area (TPSA) is 165 Å². The molecule has 6 fully saturated rings. The van der Waals surface area contributed by atoms with E-state index in [0.717, 1.165) is 36.8 Å². The summed E-state index contributed by atoms with van der Waals surface area (Å²) in [5.41, 5.74) is 0.447. The Kier molecular flexibility index (Phi) is 8.34. The quantitative estimate of drug-likeness (QED) is 0.128. The summed E-state index contributed by atoms with van der Waals surface area (Å²) in [4.78, 5) is 46.8. The number of hydroxylamine groups is 2. The molecule has 2 amide bonds. The molecule has 6 atom stereocenters. The number of carbonyl (C=O) groups is 3. The molecule has 0 spiro atoms. The van der Waals surface area contributed by atoms with E-state index in [1.807, 2.05) is 24.3 Å². The maximum Gasteiger partial charge on any atom is 0.327 e. The van der Waals surface area contributed by atoms with Gasteiger partial charge in [0.15, 0.2) is 11.8 Å². The molecule has 2 bridgehead atoms. The summed E-state index contributed by atoms with van der Waals surface area (Å²) in [6, 6.07) is 6.61. The van der Waals surface area contributed by atoms with Crippen LogP contribution in [0.2, 0.25) is 0 Å². The number of aliphatic hydroxyl groups excluding tert-OH is 2.